The van der Waals surface area contributed by atoms with Gasteiger partial charge in [-0.05, 0) is 56.5 Å². The summed E-state index contributed by atoms with van der Waals surface area (Å²) < 4.78 is 11.2. The Kier molecular flexibility index (Phi) is 7.17. The van der Waals surface area contributed by atoms with Crippen molar-refractivity contribution in [1.82, 2.24) is 5.32 Å². The van der Waals surface area contributed by atoms with Crippen molar-refractivity contribution < 1.29 is 24.0 Å². The highest BCUT2D eigenvalue weighted by atomic mass is 16.6. The average molecular weight is 427 g/mol. The smallest absolute Gasteiger partial charge is 0.279 e. The van der Waals surface area contributed by atoms with E-state index in [1.165, 1.54) is 5.56 Å². The standard InChI is InChI=1S/C24H31N3O4/c1-15-10-16(2)24(17(3)11-15)26-23(29)14-27(5)13-22(28)25-18(4)19-6-7-20-21(12-19)31-9-8-30-20/h6-7,10-12,18H,8-9,13-14H2,1-5H3,(H,25,28)(H,26,29)/p+1/t18-/m0/s1. The molecule has 2 atom stereocenters. The lowest BCUT2D eigenvalue weighted by molar-refractivity contribution is -0.862. The first kappa shape index (κ1) is 22.6. The Morgan fingerprint density at radius 2 is 1.58 bits per heavy atom. The van der Waals surface area contributed by atoms with Crippen molar-refractivity contribution in [2.45, 2.75) is 33.7 Å². The van der Waals surface area contributed by atoms with E-state index in [2.05, 4.69) is 10.6 Å². The monoisotopic (exact) mass is 426 g/mol. The van der Waals surface area contributed by atoms with Crippen LogP contribution in [0.2, 0.25) is 0 Å². The predicted octanol–water partition coefficient (Wildman–Crippen LogP) is 1.71. The molecule has 0 spiro atoms. The third-order valence-electron chi connectivity index (χ3n) is 5.31. The first-order valence-electron chi connectivity index (χ1n) is 10.6. The zero-order valence-corrected chi connectivity index (χ0v) is 18.9. The molecule has 2 aromatic rings. The summed E-state index contributed by atoms with van der Waals surface area (Å²) in [4.78, 5) is 25.8. The number of aryl methyl sites for hydroxylation is 3. The fraction of sp³-hybridized carbons (Fsp3) is 0.417. The van der Waals surface area contributed by atoms with Crippen LogP contribution in [0.5, 0.6) is 11.5 Å². The van der Waals surface area contributed by atoms with Crippen molar-refractivity contribution in [3.8, 4) is 11.5 Å². The lowest BCUT2D eigenvalue weighted by Crippen LogP contribution is -3.11. The number of amides is 2. The van der Waals surface area contributed by atoms with Gasteiger partial charge < -0.3 is 25.0 Å². The van der Waals surface area contributed by atoms with Gasteiger partial charge in [-0.25, -0.2) is 0 Å². The topological polar surface area (TPSA) is 81.1 Å². The maximum atomic E-state index is 12.5. The summed E-state index contributed by atoms with van der Waals surface area (Å²) in [6.07, 6.45) is 0. The van der Waals surface area contributed by atoms with Gasteiger partial charge in [-0.1, -0.05) is 23.8 Å². The summed E-state index contributed by atoms with van der Waals surface area (Å²) in [5, 5.41) is 5.98. The maximum Gasteiger partial charge on any atom is 0.279 e. The van der Waals surface area contributed by atoms with E-state index in [0.717, 1.165) is 33.0 Å². The number of fused-ring (bicyclic) bond motifs is 1. The highest BCUT2D eigenvalue weighted by Gasteiger charge is 2.19. The Morgan fingerprint density at radius 3 is 2.26 bits per heavy atom. The Hall–Kier alpha value is -3.06. The van der Waals surface area contributed by atoms with Crippen LogP contribution in [0.3, 0.4) is 0 Å². The number of anilines is 1. The van der Waals surface area contributed by atoms with E-state index in [0.29, 0.717) is 19.0 Å². The van der Waals surface area contributed by atoms with Crippen LogP contribution in [0.1, 0.15) is 35.2 Å². The molecule has 1 unspecified atom stereocenters. The molecule has 31 heavy (non-hydrogen) atoms. The van der Waals surface area contributed by atoms with Crippen molar-refractivity contribution in [3.63, 3.8) is 0 Å². The van der Waals surface area contributed by atoms with Crippen LogP contribution in [-0.4, -0.2) is 45.2 Å². The highest BCUT2D eigenvalue weighted by Crippen LogP contribution is 2.32. The largest absolute Gasteiger partial charge is 0.486 e. The van der Waals surface area contributed by atoms with E-state index in [-0.39, 0.29) is 30.9 Å². The molecule has 0 saturated carbocycles. The van der Waals surface area contributed by atoms with Crippen molar-refractivity contribution in [1.29, 1.82) is 0 Å². The molecule has 166 valence electrons. The summed E-state index contributed by atoms with van der Waals surface area (Å²) >= 11 is 0. The van der Waals surface area contributed by atoms with E-state index in [1.807, 2.05) is 65.1 Å². The van der Waals surface area contributed by atoms with Crippen LogP contribution in [0.25, 0.3) is 0 Å². The molecule has 3 N–H and O–H groups in total. The third-order valence-corrected chi connectivity index (χ3v) is 5.31. The van der Waals surface area contributed by atoms with Crippen molar-refractivity contribution >= 4 is 17.5 Å². The van der Waals surface area contributed by atoms with Gasteiger partial charge >= 0.3 is 0 Å². The summed E-state index contributed by atoms with van der Waals surface area (Å²) in [5.74, 6) is 1.20. The first-order chi connectivity index (χ1) is 14.7. The molecule has 1 aliphatic heterocycles. The van der Waals surface area contributed by atoms with E-state index >= 15 is 0 Å². The normalized spacial score (nSPS) is 14.5. The van der Waals surface area contributed by atoms with Crippen molar-refractivity contribution in [2.75, 3.05) is 38.7 Å². The van der Waals surface area contributed by atoms with Crippen LogP contribution in [0.4, 0.5) is 5.69 Å². The van der Waals surface area contributed by atoms with Crippen LogP contribution < -0.4 is 25.0 Å². The Labute approximate surface area is 183 Å². The lowest BCUT2D eigenvalue weighted by atomic mass is 10.1. The number of quaternary nitrogens is 1. The zero-order valence-electron chi connectivity index (χ0n) is 18.9. The van der Waals surface area contributed by atoms with E-state index < -0.39 is 0 Å². The van der Waals surface area contributed by atoms with Crippen LogP contribution in [0, 0.1) is 20.8 Å². The van der Waals surface area contributed by atoms with Gasteiger partial charge in [0.2, 0.25) is 0 Å². The SMILES string of the molecule is Cc1cc(C)c(NC(=O)C[NH+](C)CC(=O)N[C@@H](C)c2ccc3c(c2)OCCO3)c(C)c1. The van der Waals surface area contributed by atoms with Gasteiger partial charge in [0.15, 0.2) is 24.6 Å². The number of carbonyl (C=O) groups excluding carboxylic acids is 2. The summed E-state index contributed by atoms with van der Waals surface area (Å²) in [5.41, 5.74) is 5.03. The second kappa shape index (κ2) is 9.83. The van der Waals surface area contributed by atoms with Crippen LogP contribution in [0.15, 0.2) is 30.3 Å². The molecule has 7 heteroatoms. The Bertz CT molecular complexity index is 950. The molecule has 0 aliphatic carbocycles. The predicted molar refractivity (Wildman–Crippen MR) is 120 cm³/mol. The molecule has 1 aliphatic rings. The van der Waals surface area contributed by atoms with Crippen molar-refractivity contribution in [2.24, 2.45) is 0 Å². The van der Waals surface area contributed by atoms with Gasteiger partial charge in [0.1, 0.15) is 13.2 Å². The van der Waals surface area contributed by atoms with E-state index in [4.69, 9.17) is 9.47 Å². The molecular weight excluding hydrogens is 394 g/mol. The highest BCUT2D eigenvalue weighted by molar-refractivity contribution is 5.93. The maximum absolute atomic E-state index is 12.5. The minimum absolute atomic E-state index is 0.111. The number of nitrogens with one attached hydrogen (secondary N) is 3. The zero-order chi connectivity index (χ0) is 22.5. The number of rotatable bonds is 7. The molecule has 0 aromatic heterocycles. The summed E-state index contributed by atoms with van der Waals surface area (Å²) in [6, 6.07) is 9.61. The number of likely N-dealkylation sites (N-methyl/N-ethyl adjacent to an activating group) is 1. The van der Waals surface area contributed by atoms with Gasteiger partial charge in [-0.15, -0.1) is 0 Å². The van der Waals surface area contributed by atoms with Gasteiger partial charge in [0.05, 0.1) is 13.1 Å². The lowest BCUT2D eigenvalue weighted by Gasteiger charge is -2.21. The minimum atomic E-state index is -0.178. The van der Waals surface area contributed by atoms with Crippen molar-refractivity contribution in [3.05, 3.63) is 52.6 Å². The third kappa shape index (κ3) is 5.98. The van der Waals surface area contributed by atoms with Gasteiger partial charge in [0.25, 0.3) is 11.8 Å². The quantitative estimate of drug-likeness (QED) is 0.630. The van der Waals surface area contributed by atoms with Gasteiger partial charge in [-0.2, -0.15) is 0 Å². The minimum Gasteiger partial charge on any atom is -0.486 e. The fourth-order valence-electron chi connectivity index (χ4n) is 3.88. The number of hydrogen-bond donors (Lipinski definition) is 3. The molecule has 3 rings (SSSR count). The molecule has 0 radical (unpaired) electrons. The van der Waals surface area contributed by atoms with Crippen LogP contribution >= 0.6 is 0 Å². The molecule has 7 nitrogen and oxygen atoms in total. The number of ether oxygens (including phenoxy) is 2. The Morgan fingerprint density at radius 1 is 0.968 bits per heavy atom. The average Bonchev–Trinajstić information content (AvgIpc) is 2.70. The molecular formula is C24H32N3O4+. The van der Waals surface area contributed by atoms with E-state index in [9.17, 15) is 9.59 Å². The second-order valence-corrected chi connectivity index (χ2v) is 8.32. The van der Waals surface area contributed by atoms with Gasteiger partial charge in [0, 0.05) is 5.69 Å². The number of benzene rings is 2. The Balaban J connectivity index is 1.50. The van der Waals surface area contributed by atoms with Crippen LogP contribution in [-0.2, 0) is 9.59 Å². The fourth-order valence-corrected chi connectivity index (χ4v) is 3.88. The number of carbonyl (C=O) groups is 2. The summed E-state index contributed by atoms with van der Waals surface area (Å²) in [7, 11) is 1.84. The molecule has 2 amide bonds. The molecule has 0 fully saturated rings. The second-order valence-electron chi connectivity index (χ2n) is 8.32. The molecule has 0 saturated heterocycles. The molecule has 1 heterocycles. The number of hydrogen-bond acceptors (Lipinski definition) is 4. The first-order valence-corrected chi connectivity index (χ1v) is 10.6. The molecule has 2 aromatic carbocycles. The van der Waals surface area contributed by atoms with Gasteiger partial charge in [-0.3, -0.25) is 9.59 Å². The molecule has 0 bridgehead atoms. The summed E-state index contributed by atoms with van der Waals surface area (Å²) in [6.45, 7) is 9.41. The van der Waals surface area contributed by atoms with E-state index in [1.54, 1.807) is 0 Å².